The van der Waals surface area contributed by atoms with E-state index in [1.807, 2.05) is 30.3 Å². The zero-order valence-corrected chi connectivity index (χ0v) is 14.7. The van der Waals surface area contributed by atoms with Gasteiger partial charge in [-0.15, -0.1) is 10.2 Å². The molecule has 0 atom stereocenters. The Morgan fingerprint density at radius 2 is 2.00 bits per heavy atom. The predicted octanol–water partition coefficient (Wildman–Crippen LogP) is 2.21. The molecular weight excluding hydrogens is 368 g/mol. The van der Waals surface area contributed by atoms with Crippen molar-refractivity contribution in [2.45, 2.75) is 6.54 Å². The number of halogens is 1. The molecule has 2 aromatic carbocycles. The maximum Gasteiger partial charge on any atom is 0.248 e. The van der Waals surface area contributed by atoms with Crippen LogP contribution in [0.15, 0.2) is 61.2 Å². The number of anilines is 1. The van der Waals surface area contributed by atoms with E-state index in [0.717, 1.165) is 5.56 Å². The maximum atomic E-state index is 12.4. The summed E-state index contributed by atoms with van der Waals surface area (Å²) in [4.78, 5) is 17.6. The second-order valence-electron chi connectivity index (χ2n) is 5.56. The SMILES string of the molecule is O=C(Cn1nnc(-c2ccccc2)n1)Nc1cc(Cl)ccc1-n1cncn1. The van der Waals surface area contributed by atoms with Crippen LogP contribution in [0.2, 0.25) is 5.02 Å². The second kappa shape index (κ2) is 7.34. The normalized spacial score (nSPS) is 10.7. The molecular formula is C17H13ClN8O. The Hall–Kier alpha value is -3.59. The molecule has 1 N–H and O–H groups in total. The van der Waals surface area contributed by atoms with E-state index in [4.69, 9.17) is 11.6 Å². The Kier molecular flexibility index (Phi) is 4.58. The maximum absolute atomic E-state index is 12.4. The van der Waals surface area contributed by atoms with Crippen molar-refractivity contribution >= 4 is 23.2 Å². The van der Waals surface area contributed by atoms with Gasteiger partial charge < -0.3 is 5.32 Å². The highest BCUT2D eigenvalue weighted by Crippen LogP contribution is 2.24. The minimum absolute atomic E-state index is 0.0941. The fourth-order valence-corrected chi connectivity index (χ4v) is 2.64. The lowest BCUT2D eigenvalue weighted by atomic mass is 10.2. The number of rotatable bonds is 5. The molecule has 0 bridgehead atoms. The summed E-state index contributed by atoms with van der Waals surface area (Å²) >= 11 is 6.06. The van der Waals surface area contributed by atoms with Gasteiger partial charge in [-0.2, -0.15) is 9.90 Å². The molecule has 134 valence electrons. The van der Waals surface area contributed by atoms with Crippen molar-refractivity contribution in [1.82, 2.24) is 35.0 Å². The highest BCUT2D eigenvalue weighted by Gasteiger charge is 2.13. The Morgan fingerprint density at radius 1 is 1.15 bits per heavy atom. The van der Waals surface area contributed by atoms with E-state index in [9.17, 15) is 4.79 Å². The van der Waals surface area contributed by atoms with Crippen LogP contribution in [0.25, 0.3) is 17.1 Å². The first-order chi connectivity index (χ1) is 13.2. The number of tetrazole rings is 1. The monoisotopic (exact) mass is 380 g/mol. The summed E-state index contributed by atoms with van der Waals surface area (Å²) in [6.45, 7) is -0.0941. The van der Waals surface area contributed by atoms with Crippen LogP contribution in [0.1, 0.15) is 0 Å². The molecule has 2 aromatic heterocycles. The number of nitrogens with zero attached hydrogens (tertiary/aromatic N) is 7. The molecule has 27 heavy (non-hydrogen) atoms. The summed E-state index contributed by atoms with van der Waals surface area (Å²) in [5.74, 6) is 0.130. The first-order valence-corrected chi connectivity index (χ1v) is 8.34. The number of hydrogen-bond donors (Lipinski definition) is 1. The fraction of sp³-hybridized carbons (Fsp3) is 0.0588. The van der Waals surface area contributed by atoms with Gasteiger partial charge in [0.1, 0.15) is 19.2 Å². The molecule has 0 saturated heterocycles. The van der Waals surface area contributed by atoms with Crippen molar-refractivity contribution in [2.75, 3.05) is 5.32 Å². The number of nitrogens with one attached hydrogen (secondary N) is 1. The van der Waals surface area contributed by atoms with E-state index in [1.165, 1.54) is 22.1 Å². The van der Waals surface area contributed by atoms with Gasteiger partial charge in [0.25, 0.3) is 0 Å². The lowest BCUT2D eigenvalue weighted by Crippen LogP contribution is -2.21. The van der Waals surface area contributed by atoms with Crippen LogP contribution in [0, 0.1) is 0 Å². The number of carbonyl (C=O) groups is 1. The Labute approximate surface area is 158 Å². The molecule has 0 aliphatic heterocycles. The summed E-state index contributed by atoms with van der Waals surface area (Å²) in [6, 6.07) is 14.5. The van der Waals surface area contributed by atoms with Gasteiger partial charge >= 0.3 is 0 Å². The van der Waals surface area contributed by atoms with Gasteiger partial charge in [0.05, 0.1) is 11.4 Å². The van der Waals surface area contributed by atoms with Crippen molar-refractivity contribution in [3.05, 3.63) is 66.2 Å². The molecule has 0 radical (unpaired) electrons. The minimum atomic E-state index is -0.323. The molecule has 4 aromatic rings. The zero-order chi connectivity index (χ0) is 18.6. The van der Waals surface area contributed by atoms with Crippen molar-refractivity contribution in [1.29, 1.82) is 0 Å². The van der Waals surface area contributed by atoms with Gasteiger partial charge in [-0.25, -0.2) is 9.67 Å². The largest absolute Gasteiger partial charge is 0.322 e. The summed E-state index contributed by atoms with van der Waals surface area (Å²) in [5, 5.41) is 19.5. The number of amides is 1. The standard InChI is InChI=1S/C17H13ClN8O/c18-13-6-7-15(25-11-19-10-20-25)14(8-13)21-16(27)9-26-23-17(22-24-26)12-4-2-1-3-5-12/h1-8,10-11H,9H2,(H,21,27). The molecule has 0 unspecified atom stereocenters. The molecule has 1 amide bonds. The van der Waals surface area contributed by atoms with E-state index >= 15 is 0 Å². The van der Waals surface area contributed by atoms with E-state index in [0.29, 0.717) is 22.2 Å². The molecule has 0 aliphatic rings. The summed E-state index contributed by atoms with van der Waals surface area (Å²) in [5.41, 5.74) is 1.97. The van der Waals surface area contributed by atoms with E-state index in [1.54, 1.807) is 18.2 Å². The topological polar surface area (TPSA) is 103 Å². The number of hydrogen-bond acceptors (Lipinski definition) is 6. The van der Waals surface area contributed by atoms with Gasteiger partial charge in [-0.1, -0.05) is 41.9 Å². The molecule has 9 nitrogen and oxygen atoms in total. The van der Waals surface area contributed by atoms with Gasteiger partial charge in [0.15, 0.2) is 0 Å². The van der Waals surface area contributed by atoms with Gasteiger partial charge in [-0.3, -0.25) is 4.79 Å². The lowest BCUT2D eigenvalue weighted by molar-refractivity contribution is -0.117. The van der Waals surface area contributed by atoms with E-state index in [2.05, 4.69) is 30.8 Å². The molecule has 0 saturated carbocycles. The van der Waals surface area contributed by atoms with Crippen LogP contribution in [0.3, 0.4) is 0 Å². The third-order valence-electron chi connectivity index (χ3n) is 3.67. The first-order valence-electron chi connectivity index (χ1n) is 7.97. The lowest BCUT2D eigenvalue weighted by Gasteiger charge is -2.11. The van der Waals surface area contributed by atoms with Crippen molar-refractivity contribution in [2.24, 2.45) is 0 Å². The van der Waals surface area contributed by atoms with Gasteiger partial charge in [0, 0.05) is 10.6 Å². The van der Waals surface area contributed by atoms with Crippen LogP contribution in [-0.2, 0) is 11.3 Å². The van der Waals surface area contributed by atoms with Crippen LogP contribution in [-0.4, -0.2) is 40.9 Å². The third kappa shape index (κ3) is 3.82. The molecule has 10 heteroatoms. The predicted molar refractivity (Wildman–Crippen MR) is 98.3 cm³/mol. The number of aromatic nitrogens is 7. The number of carbonyl (C=O) groups excluding carboxylic acids is 1. The minimum Gasteiger partial charge on any atom is -0.322 e. The summed E-state index contributed by atoms with van der Waals surface area (Å²) in [7, 11) is 0. The smallest absolute Gasteiger partial charge is 0.248 e. The Balaban J connectivity index is 1.51. The van der Waals surface area contributed by atoms with Crippen LogP contribution in [0.5, 0.6) is 0 Å². The average molecular weight is 381 g/mol. The molecule has 0 aliphatic carbocycles. The molecule has 0 fully saturated rings. The Bertz CT molecular complexity index is 1060. The number of benzene rings is 2. The highest BCUT2D eigenvalue weighted by atomic mass is 35.5. The average Bonchev–Trinajstić information content (AvgIpc) is 3.35. The van der Waals surface area contributed by atoms with Crippen molar-refractivity contribution in [3.63, 3.8) is 0 Å². The van der Waals surface area contributed by atoms with Gasteiger partial charge in [-0.05, 0) is 23.4 Å². The molecule has 4 rings (SSSR count). The van der Waals surface area contributed by atoms with E-state index < -0.39 is 0 Å². The molecule has 2 heterocycles. The van der Waals surface area contributed by atoms with E-state index in [-0.39, 0.29) is 12.5 Å². The zero-order valence-electron chi connectivity index (χ0n) is 13.9. The molecule has 0 spiro atoms. The fourth-order valence-electron chi connectivity index (χ4n) is 2.47. The van der Waals surface area contributed by atoms with Crippen LogP contribution in [0.4, 0.5) is 5.69 Å². The van der Waals surface area contributed by atoms with Crippen LogP contribution >= 0.6 is 11.6 Å². The summed E-state index contributed by atoms with van der Waals surface area (Å²) < 4.78 is 1.53. The van der Waals surface area contributed by atoms with Crippen molar-refractivity contribution in [3.8, 4) is 17.1 Å². The van der Waals surface area contributed by atoms with Gasteiger partial charge in [0.2, 0.25) is 11.7 Å². The van der Waals surface area contributed by atoms with Crippen LogP contribution < -0.4 is 5.32 Å². The second-order valence-corrected chi connectivity index (χ2v) is 6.00. The Morgan fingerprint density at radius 3 is 2.78 bits per heavy atom. The first kappa shape index (κ1) is 16.9. The third-order valence-corrected chi connectivity index (χ3v) is 3.90. The quantitative estimate of drug-likeness (QED) is 0.569. The summed E-state index contributed by atoms with van der Waals surface area (Å²) in [6.07, 6.45) is 2.94. The van der Waals surface area contributed by atoms with Crippen molar-refractivity contribution < 1.29 is 4.79 Å². The highest BCUT2D eigenvalue weighted by molar-refractivity contribution is 6.31.